The number of hydrogen-bond acceptors (Lipinski definition) is 2. The van der Waals surface area contributed by atoms with Gasteiger partial charge in [-0.3, -0.25) is 0 Å². The van der Waals surface area contributed by atoms with Crippen molar-refractivity contribution >= 4 is 22.6 Å². The minimum atomic E-state index is -1.53. The molecule has 120 valence electrons. The predicted molar refractivity (Wildman–Crippen MR) is 89.3 cm³/mol. The summed E-state index contributed by atoms with van der Waals surface area (Å²) in [6.45, 7) is -0.115. The zero-order valence-corrected chi connectivity index (χ0v) is 12.7. The minimum absolute atomic E-state index is 0.0299. The Balaban J connectivity index is 1.85. The quantitative estimate of drug-likeness (QED) is 0.487. The lowest BCUT2D eigenvalue weighted by atomic mass is 10.0. The standard InChI is InChI=1S/C20H14F2O2/c21-18(17-12-6-10-15-9-4-5-11-16(15)17)19(22)20(23)24-13-14-7-2-1-3-8-14/h1-12H,13H2/b19-18-. The van der Waals surface area contributed by atoms with Crippen LogP contribution >= 0.6 is 0 Å². The van der Waals surface area contributed by atoms with Crippen molar-refractivity contribution in [3.63, 3.8) is 0 Å². The minimum Gasteiger partial charge on any atom is -0.455 e. The molecular formula is C20H14F2O2. The van der Waals surface area contributed by atoms with Crippen LogP contribution in [-0.2, 0) is 16.1 Å². The second-order valence-electron chi connectivity index (χ2n) is 5.22. The van der Waals surface area contributed by atoms with Crippen LogP contribution in [0.1, 0.15) is 11.1 Å². The maximum atomic E-state index is 14.4. The third-order valence-corrected chi connectivity index (χ3v) is 3.61. The van der Waals surface area contributed by atoms with E-state index in [0.717, 1.165) is 5.39 Å². The van der Waals surface area contributed by atoms with E-state index in [2.05, 4.69) is 0 Å². The van der Waals surface area contributed by atoms with E-state index in [1.54, 1.807) is 60.7 Å². The first-order chi connectivity index (χ1) is 11.7. The molecule has 3 aromatic rings. The van der Waals surface area contributed by atoms with Gasteiger partial charge in [-0.2, -0.15) is 4.39 Å². The molecular weight excluding hydrogens is 310 g/mol. The van der Waals surface area contributed by atoms with Gasteiger partial charge in [0, 0.05) is 5.56 Å². The molecule has 0 atom stereocenters. The van der Waals surface area contributed by atoms with Crippen LogP contribution in [0.2, 0.25) is 0 Å². The zero-order valence-electron chi connectivity index (χ0n) is 12.7. The van der Waals surface area contributed by atoms with Crippen molar-refractivity contribution in [1.82, 2.24) is 0 Å². The number of halogens is 2. The van der Waals surface area contributed by atoms with Crippen LogP contribution in [0, 0.1) is 0 Å². The number of benzene rings is 3. The third kappa shape index (κ3) is 3.33. The first-order valence-electron chi connectivity index (χ1n) is 7.41. The van der Waals surface area contributed by atoms with Gasteiger partial charge < -0.3 is 4.74 Å². The second kappa shape index (κ2) is 7.04. The summed E-state index contributed by atoms with van der Waals surface area (Å²) in [6.07, 6.45) is 0. The summed E-state index contributed by atoms with van der Waals surface area (Å²) in [5.41, 5.74) is 0.728. The Morgan fingerprint density at radius 1 is 0.833 bits per heavy atom. The van der Waals surface area contributed by atoms with Crippen molar-refractivity contribution in [3.05, 3.63) is 89.8 Å². The smallest absolute Gasteiger partial charge is 0.370 e. The lowest BCUT2D eigenvalue weighted by molar-refractivity contribution is -0.142. The number of carbonyl (C=O) groups excluding carboxylic acids is 1. The second-order valence-corrected chi connectivity index (χ2v) is 5.22. The number of ether oxygens (including phenoxy) is 1. The maximum Gasteiger partial charge on any atom is 0.370 e. The summed E-state index contributed by atoms with van der Waals surface area (Å²) in [7, 11) is 0. The molecule has 3 aromatic carbocycles. The fraction of sp³-hybridized carbons (Fsp3) is 0.0500. The van der Waals surface area contributed by atoms with E-state index in [4.69, 9.17) is 4.74 Å². The van der Waals surface area contributed by atoms with Gasteiger partial charge >= 0.3 is 5.97 Å². The monoisotopic (exact) mass is 324 g/mol. The molecule has 4 heteroatoms. The van der Waals surface area contributed by atoms with E-state index in [-0.39, 0.29) is 12.2 Å². The number of carbonyl (C=O) groups is 1. The fourth-order valence-electron chi connectivity index (χ4n) is 2.41. The molecule has 0 fully saturated rings. The summed E-state index contributed by atoms with van der Waals surface area (Å²) in [5.74, 6) is -4.06. The Morgan fingerprint density at radius 2 is 1.50 bits per heavy atom. The average Bonchev–Trinajstić information content (AvgIpc) is 2.65. The molecule has 0 spiro atoms. The van der Waals surface area contributed by atoms with Gasteiger partial charge in [0.2, 0.25) is 5.83 Å². The lowest BCUT2D eigenvalue weighted by Gasteiger charge is -2.07. The van der Waals surface area contributed by atoms with E-state index < -0.39 is 17.6 Å². The molecule has 0 N–H and O–H groups in total. The molecule has 0 aliphatic carbocycles. The molecule has 0 heterocycles. The van der Waals surface area contributed by atoms with Crippen LogP contribution in [0.5, 0.6) is 0 Å². The molecule has 0 saturated carbocycles. The summed E-state index contributed by atoms with van der Waals surface area (Å²) in [6, 6.07) is 20.6. The van der Waals surface area contributed by atoms with Gasteiger partial charge in [-0.1, -0.05) is 72.8 Å². The van der Waals surface area contributed by atoms with Crippen LogP contribution in [0.3, 0.4) is 0 Å². The highest BCUT2D eigenvalue weighted by molar-refractivity contribution is 5.99. The van der Waals surface area contributed by atoms with Crippen molar-refractivity contribution in [2.45, 2.75) is 6.61 Å². The van der Waals surface area contributed by atoms with Gasteiger partial charge in [0.05, 0.1) is 0 Å². The summed E-state index contributed by atoms with van der Waals surface area (Å²) < 4.78 is 33.4. The lowest BCUT2D eigenvalue weighted by Crippen LogP contribution is -2.06. The van der Waals surface area contributed by atoms with Gasteiger partial charge in [0.15, 0.2) is 5.83 Å². The third-order valence-electron chi connectivity index (χ3n) is 3.61. The van der Waals surface area contributed by atoms with Crippen molar-refractivity contribution < 1.29 is 18.3 Å². The number of esters is 1. The number of fused-ring (bicyclic) bond motifs is 1. The van der Waals surface area contributed by atoms with Crippen LogP contribution in [0.15, 0.2) is 78.6 Å². The topological polar surface area (TPSA) is 26.3 Å². The average molecular weight is 324 g/mol. The summed E-state index contributed by atoms with van der Waals surface area (Å²) >= 11 is 0. The van der Waals surface area contributed by atoms with Crippen LogP contribution in [0.25, 0.3) is 16.6 Å². The molecule has 2 nitrogen and oxygen atoms in total. The van der Waals surface area contributed by atoms with Crippen molar-refractivity contribution in [3.8, 4) is 0 Å². The van der Waals surface area contributed by atoms with E-state index >= 15 is 0 Å². The van der Waals surface area contributed by atoms with Crippen LogP contribution in [-0.4, -0.2) is 5.97 Å². The van der Waals surface area contributed by atoms with Gasteiger partial charge in [-0.25, -0.2) is 9.18 Å². The molecule has 0 radical (unpaired) electrons. The summed E-state index contributed by atoms with van der Waals surface area (Å²) in [4.78, 5) is 11.8. The fourth-order valence-corrected chi connectivity index (χ4v) is 2.41. The first kappa shape index (κ1) is 15.9. The van der Waals surface area contributed by atoms with E-state index in [9.17, 15) is 13.6 Å². The molecule has 0 aromatic heterocycles. The molecule has 0 aliphatic heterocycles. The van der Waals surface area contributed by atoms with Crippen LogP contribution < -0.4 is 0 Å². The Hall–Kier alpha value is -3.01. The van der Waals surface area contributed by atoms with E-state index in [1.807, 2.05) is 6.07 Å². The zero-order chi connectivity index (χ0) is 16.9. The van der Waals surface area contributed by atoms with E-state index in [1.165, 1.54) is 6.07 Å². The van der Waals surface area contributed by atoms with Gasteiger partial charge in [-0.05, 0) is 16.3 Å². The molecule has 0 unspecified atom stereocenters. The first-order valence-corrected chi connectivity index (χ1v) is 7.41. The normalized spacial score (nSPS) is 11.9. The Bertz CT molecular complexity index is 896. The highest BCUT2D eigenvalue weighted by Crippen LogP contribution is 2.29. The Morgan fingerprint density at radius 3 is 2.29 bits per heavy atom. The number of rotatable bonds is 4. The number of hydrogen-bond donors (Lipinski definition) is 0. The summed E-state index contributed by atoms with van der Waals surface area (Å²) in [5, 5.41) is 1.29. The Kier molecular flexibility index (Phi) is 4.66. The van der Waals surface area contributed by atoms with Crippen LogP contribution in [0.4, 0.5) is 8.78 Å². The SMILES string of the molecule is O=C(OCc1ccccc1)/C(F)=C(/F)c1cccc2ccccc12. The van der Waals surface area contributed by atoms with Gasteiger partial charge in [-0.15, -0.1) is 0 Å². The highest BCUT2D eigenvalue weighted by Gasteiger charge is 2.20. The van der Waals surface area contributed by atoms with Crippen molar-refractivity contribution in [2.75, 3.05) is 0 Å². The highest BCUT2D eigenvalue weighted by atomic mass is 19.2. The van der Waals surface area contributed by atoms with E-state index in [0.29, 0.717) is 10.9 Å². The van der Waals surface area contributed by atoms with Gasteiger partial charge in [0.1, 0.15) is 6.61 Å². The molecule has 0 amide bonds. The molecule has 0 bridgehead atoms. The van der Waals surface area contributed by atoms with Crippen molar-refractivity contribution in [2.24, 2.45) is 0 Å². The maximum absolute atomic E-state index is 14.4. The van der Waals surface area contributed by atoms with Gasteiger partial charge in [0.25, 0.3) is 0 Å². The largest absolute Gasteiger partial charge is 0.455 e. The Labute approximate surface area is 138 Å². The molecule has 0 aliphatic rings. The molecule has 0 saturated heterocycles. The molecule has 3 rings (SSSR count). The molecule has 24 heavy (non-hydrogen) atoms. The van der Waals surface area contributed by atoms with Crippen molar-refractivity contribution in [1.29, 1.82) is 0 Å². The predicted octanol–water partition coefficient (Wildman–Crippen LogP) is 5.19.